The first kappa shape index (κ1) is 39.8. The Morgan fingerprint density at radius 1 is 1.06 bits per heavy atom. The smallest absolute Gasteiger partial charge is 0.319 e. The van der Waals surface area contributed by atoms with Crippen LogP contribution in [0.4, 0.5) is 0 Å². The second kappa shape index (κ2) is 16.6. The number of aliphatic hydroxyl groups is 1. The van der Waals surface area contributed by atoms with E-state index in [9.17, 15) is 14.7 Å². The first-order chi connectivity index (χ1) is 23.0. The highest BCUT2D eigenvalue weighted by Gasteiger charge is 2.51. The Hall–Kier alpha value is -1.97. The van der Waals surface area contributed by atoms with Gasteiger partial charge in [0.25, 0.3) is 0 Å². The number of cyclic esters (lactones) is 1. The average Bonchev–Trinajstić information content (AvgIpc) is 3.45. The van der Waals surface area contributed by atoms with Crippen molar-refractivity contribution >= 4 is 11.8 Å². The summed E-state index contributed by atoms with van der Waals surface area (Å²) in [7, 11) is 9.60. The van der Waals surface area contributed by atoms with Crippen LogP contribution in [0.25, 0.3) is 0 Å². The van der Waals surface area contributed by atoms with Crippen LogP contribution in [0.2, 0.25) is 0 Å². The van der Waals surface area contributed by atoms with Gasteiger partial charge >= 0.3 is 5.97 Å². The molecule has 1 aromatic heterocycles. The molecule has 13 nitrogen and oxygen atoms in total. The molecule has 0 aromatic carbocycles. The third-order valence-corrected chi connectivity index (χ3v) is 11.2. The van der Waals surface area contributed by atoms with Gasteiger partial charge in [-0.15, -0.1) is 0 Å². The highest BCUT2D eigenvalue weighted by atomic mass is 16.7. The number of aliphatic hydroxyl groups excluding tert-OH is 1. The van der Waals surface area contributed by atoms with E-state index in [2.05, 4.69) is 38.2 Å². The summed E-state index contributed by atoms with van der Waals surface area (Å²) in [4.78, 5) is 41.6. The second-order valence-electron chi connectivity index (χ2n) is 16.0. The van der Waals surface area contributed by atoms with E-state index in [0.717, 1.165) is 51.6 Å². The topological polar surface area (TPSA) is 122 Å². The third-order valence-electron chi connectivity index (χ3n) is 11.2. The van der Waals surface area contributed by atoms with E-state index in [1.54, 1.807) is 27.9 Å². The van der Waals surface area contributed by atoms with Gasteiger partial charge in [-0.1, -0.05) is 13.8 Å². The lowest BCUT2D eigenvalue weighted by atomic mass is 9.74. The van der Waals surface area contributed by atoms with Gasteiger partial charge in [-0.2, -0.15) is 0 Å². The number of methoxy groups -OCH3 is 1. The minimum atomic E-state index is -1.43. The van der Waals surface area contributed by atoms with Gasteiger partial charge in [0.15, 0.2) is 12.1 Å². The Morgan fingerprint density at radius 2 is 1.71 bits per heavy atom. The van der Waals surface area contributed by atoms with Gasteiger partial charge in [0.2, 0.25) is 0 Å². The highest BCUT2D eigenvalue weighted by molar-refractivity contribution is 6.04. The monoisotopic (exact) mass is 692 g/mol. The molecule has 0 saturated carbocycles. The van der Waals surface area contributed by atoms with Crippen LogP contribution < -0.4 is 0 Å². The lowest BCUT2D eigenvalue weighted by Crippen LogP contribution is -2.59. The van der Waals surface area contributed by atoms with Gasteiger partial charge in [-0.3, -0.25) is 24.3 Å². The van der Waals surface area contributed by atoms with E-state index >= 15 is 0 Å². The number of rotatable bonds is 8. The number of piperazine rings is 1. The van der Waals surface area contributed by atoms with Gasteiger partial charge in [-0.05, 0) is 67.6 Å². The molecule has 3 fully saturated rings. The molecule has 3 saturated heterocycles. The number of aryl methyl sites for hydroxylation is 1. The molecule has 0 radical (unpaired) electrons. The molecule has 280 valence electrons. The number of aromatic nitrogens is 2. The molecular formula is C36H64N6O7. The fourth-order valence-corrected chi connectivity index (χ4v) is 7.96. The zero-order chi connectivity index (χ0) is 36.3. The molecule has 3 aliphatic rings. The molecule has 0 spiro atoms. The number of hydrogen-bond donors (Lipinski definition) is 1. The fraction of sp³-hybridized carbons (Fsp3) is 0.861. The number of esters is 1. The lowest BCUT2D eigenvalue weighted by Gasteiger charge is -2.47. The van der Waals surface area contributed by atoms with E-state index in [4.69, 9.17) is 18.9 Å². The number of Topliss-reactive ketones (excluding diaryl/α,β-unsaturated/α-hetero) is 1. The zero-order valence-corrected chi connectivity index (χ0v) is 31.9. The maximum Gasteiger partial charge on any atom is 0.319 e. The first-order valence-electron chi connectivity index (χ1n) is 18.0. The zero-order valence-electron chi connectivity index (χ0n) is 31.9. The maximum atomic E-state index is 14.3. The van der Waals surface area contributed by atoms with E-state index in [-0.39, 0.29) is 36.5 Å². The number of ketones is 1. The van der Waals surface area contributed by atoms with Crippen LogP contribution in [0, 0.1) is 17.3 Å². The summed E-state index contributed by atoms with van der Waals surface area (Å²) in [5, 5.41) is 11.4. The molecule has 9 atom stereocenters. The SMILES string of the molecule is CO[C@]1(C)C[C@@H](C)CN(C)[C@H](CN2CCN(Cc3nccn3C)CC2)COC(=O)C(C)(C)C(=O)[C@H](C)[C@H]1O[C@@H]1O[C@H](C)C[C@H](N(C)C)[C@H]1O. The Kier molecular flexibility index (Phi) is 13.5. The molecule has 3 aliphatic heterocycles. The third kappa shape index (κ3) is 9.48. The van der Waals surface area contributed by atoms with Crippen molar-refractivity contribution in [2.75, 3.05) is 74.1 Å². The lowest BCUT2D eigenvalue weighted by molar-refractivity contribution is -0.295. The molecule has 1 N–H and O–H groups in total. The first-order valence-corrected chi connectivity index (χ1v) is 18.0. The Balaban J connectivity index is 1.54. The van der Waals surface area contributed by atoms with Crippen LogP contribution in [0.1, 0.15) is 60.2 Å². The van der Waals surface area contributed by atoms with Gasteiger partial charge in [0.1, 0.15) is 24.0 Å². The summed E-state index contributed by atoms with van der Waals surface area (Å²) in [6, 6.07) is -0.240. The molecule has 13 heteroatoms. The van der Waals surface area contributed by atoms with Gasteiger partial charge < -0.3 is 33.5 Å². The van der Waals surface area contributed by atoms with Crippen molar-refractivity contribution in [1.82, 2.24) is 29.2 Å². The van der Waals surface area contributed by atoms with E-state index in [1.807, 2.05) is 52.3 Å². The number of likely N-dealkylation sites (N-methyl/N-ethyl adjacent to an activating group) is 2. The Morgan fingerprint density at radius 3 is 2.31 bits per heavy atom. The van der Waals surface area contributed by atoms with Crippen LogP contribution in [0.5, 0.6) is 0 Å². The minimum absolute atomic E-state index is 0.0624. The summed E-state index contributed by atoms with van der Waals surface area (Å²) in [6.45, 7) is 17.3. The van der Waals surface area contributed by atoms with Crippen LogP contribution in [0.3, 0.4) is 0 Å². The van der Waals surface area contributed by atoms with Crippen molar-refractivity contribution in [3.63, 3.8) is 0 Å². The molecule has 4 rings (SSSR count). The highest BCUT2D eigenvalue weighted by Crippen LogP contribution is 2.38. The van der Waals surface area contributed by atoms with Gasteiger partial charge in [0.05, 0.1) is 30.4 Å². The fourth-order valence-electron chi connectivity index (χ4n) is 7.96. The van der Waals surface area contributed by atoms with Crippen LogP contribution in [-0.4, -0.2) is 162 Å². The summed E-state index contributed by atoms with van der Waals surface area (Å²) in [6.07, 6.45) is 2.18. The molecule has 0 amide bonds. The van der Waals surface area contributed by atoms with E-state index < -0.39 is 41.4 Å². The molecular weight excluding hydrogens is 628 g/mol. The van der Waals surface area contributed by atoms with E-state index in [0.29, 0.717) is 12.8 Å². The molecule has 0 unspecified atom stereocenters. The molecule has 4 heterocycles. The number of hydrogen-bond acceptors (Lipinski definition) is 12. The largest absolute Gasteiger partial charge is 0.463 e. The molecule has 1 aromatic rings. The second-order valence-corrected chi connectivity index (χ2v) is 16.0. The van der Waals surface area contributed by atoms with Crippen LogP contribution >= 0.6 is 0 Å². The quantitative estimate of drug-likeness (QED) is 0.316. The number of nitrogens with zero attached hydrogens (tertiary/aromatic N) is 6. The molecule has 49 heavy (non-hydrogen) atoms. The van der Waals surface area contributed by atoms with Crippen LogP contribution in [-0.2, 0) is 42.1 Å². The van der Waals surface area contributed by atoms with Gasteiger partial charge in [0, 0.05) is 77.8 Å². The molecule has 0 bridgehead atoms. The van der Waals surface area contributed by atoms with Crippen molar-refractivity contribution in [2.24, 2.45) is 24.3 Å². The van der Waals surface area contributed by atoms with Crippen molar-refractivity contribution in [1.29, 1.82) is 0 Å². The molecule has 0 aliphatic carbocycles. The standard InChI is InChI=1S/C36H64N6O7/c1-24-19-36(6,46-11)32(49-33-30(43)28(38(7)8)18-25(2)48-33)26(3)31(44)35(4,5)34(45)47-23-27(40(10)20-24)21-41-14-16-42(17-15-41)22-29-37-12-13-39(29)9/h12-13,24-28,30,32-33,43H,14-23H2,1-11H3/t24-,25-,26+,27-,28+,30-,32-,33+,36-/m1/s1. The summed E-state index contributed by atoms with van der Waals surface area (Å²) in [5.74, 6) is -0.421. The van der Waals surface area contributed by atoms with E-state index in [1.165, 1.54) is 0 Å². The van der Waals surface area contributed by atoms with Crippen LogP contribution in [0.15, 0.2) is 12.4 Å². The summed E-state index contributed by atoms with van der Waals surface area (Å²) >= 11 is 0. The summed E-state index contributed by atoms with van der Waals surface area (Å²) in [5.41, 5.74) is -2.36. The Bertz CT molecular complexity index is 1240. The Labute approximate surface area is 294 Å². The van der Waals surface area contributed by atoms with Gasteiger partial charge in [-0.25, -0.2) is 4.98 Å². The van der Waals surface area contributed by atoms with Crippen molar-refractivity contribution < 1.29 is 33.6 Å². The minimum Gasteiger partial charge on any atom is -0.463 e. The predicted molar refractivity (Wildman–Crippen MR) is 187 cm³/mol. The van der Waals surface area contributed by atoms with Crippen molar-refractivity contribution in [3.05, 3.63) is 18.2 Å². The normalized spacial score (nSPS) is 36.6. The maximum absolute atomic E-state index is 14.3. The summed E-state index contributed by atoms with van der Waals surface area (Å²) < 4.78 is 27.1. The average molecular weight is 693 g/mol. The predicted octanol–water partition coefficient (Wildman–Crippen LogP) is 1.87. The number of ether oxygens (including phenoxy) is 4. The van der Waals surface area contributed by atoms with Crippen molar-refractivity contribution in [2.45, 2.75) is 103 Å². The number of imidazole rings is 1. The number of carbonyl (C=O) groups excluding carboxylic acids is 2. The van der Waals surface area contributed by atoms with Crippen molar-refractivity contribution in [3.8, 4) is 0 Å². The number of carbonyl (C=O) groups is 2.